The predicted octanol–water partition coefficient (Wildman–Crippen LogP) is 2.94. The smallest absolute Gasteiger partial charge is 0.240 e. The molecule has 1 aliphatic heterocycles. The molecule has 168 valence electrons. The number of ether oxygens (including phenoxy) is 2. The number of fused-ring (bicyclic) bond motifs is 1. The number of nitrogens with one attached hydrogen (secondary N) is 3. The number of benzene rings is 2. The highest BCUT2D eigenvalue weighted by Gasteiger charge is 2.18. The van der Waals surface area contributed by atoms with Crippen molar-refractivity contribution >= 4 is 21.6 Å². The van der Waals surface area contributed by atoms with Gasteiger partial charge in [0, 0.05) is 37.3 Å². The van der Waals surface area contributed by atoms with E-state index in [2.05, 4.69) is 20.2 Å². The molecule has 0 fully saturated rings. The number of aromatic nitrogens is 2. The van der Waals surface area contributed by atoms with Gasteiger partial charge in [-0.15, -0.1) is 0 Å². The minimum Gasteiger partial charge on any atom is -0.490 e. The molecule has 0 radical (unpaired) electrons. The molecule has 0 saturated carbocycles. The molecule has 10 heteroatoms. The van der Waals surface area contributed by atoms with E-state index in [1.807, 2.05) is 18.2 Å². The van der Waals surface area contributed by atoms with Crippen LogP contribution in [0.2, 0.25) is 0 Å². The van der Waals surface area contributed by atoms with Crippen molar-refractivity contribution in [3.05, 3.63) is 54.7 Å². The van der Waals surface area contributed by atoms with Crippen LogP contribution >= 0.6 is 0 Å². The summed E-state index contributed by atoms with van der Waals surface area (Å²) in [6.45, 7) is 1.15. The third-order valence-electron chi connectivity index (χ3n) is 4.88. The van der Waals surface area contributed by atoms with Crippen LogP contribution in [0, 0.1) is 0 Å². The summed E-state index contributed by atoms with van der Waals surface area (Å²) >= 11 is 0. The molecule has 2 aromatic carbocycles. The molecule has 0 unspecified atom stereocenters. The number of amides is 1. The Morgan fingerprint density at radius 1 is 1.03 bits per heavy atom. The topological polar surface area (TPSA) is 122 Å². The van der Waals surface area contributed by atoms with Gasteiger partial charge in [-0.2, -0.15) is 5.10 Å². The minimum absolute atomic E-state index is 0.101. The van der Waals surface area contributed by atoms with Crippen LogP contribution in [-0.4, -0.2) is 44.3 Å². The van der Waals surface area contributed by atoms with E-state index in [4.69, 9.17) is 9.47 Å². The van der Waals surface area contributed by atoms with Crippen LogP contribution in [0.25, 0.3) is 11.3 Å². The Morgan fingerprint density at radius 3 is 2.56 bits per heavy atom. The Morgan fingerprint density at radius 2 is 1.81 bits per heavy atom. The summed E-state index contributed by atoms with van der Waals surface area (Å²) in [5.41, 5.74) is 2.53. The van der Waals surface area contributed by atoms with Gasteiger partial charge < -0.3 is 14.8 Å². The van der Waals surface area contributed by atoms with Crippen molar-refractivity contribution in [1.29, 1.82) is 0 Å². The second-order valence-electron chi connectivity index (χ2n) is 7.26. The zero-order valence-electron chi connectivity index (χ0n) is 17.3. The number of hydrogen-bond donors (Lipinski definition) is 3. The fourth-order valence-corrected chi connectivity index (χ4v) is 4.31. The van der Waals surface area contributed by atoms with Gasteiger partial charge in [0.05, 0.1) is 23.8 Å². The van der Waals surface area contributed by atoms with Gasteiger partial charge in [-0.1, -0.05) is 12.1 Å². The number of carbonyl (C=O) groups is 1. The first-order chi connectivity index (χ1) is 15.5. The average molecular weight is 457 g/mol. The highest BCUT2D eigenvalue weighted by Crippen LogP contribution is 2.31. The van der Waals surface area contributed by atoms with E-state index in [9.17, 15) is 13.2 Å². The number of hydrogen-bond acceptors (Lipinski definition) is 6. The van der Waals surface area contributed by atoms with E-state index in [1.165, 1.54) is 12.1 Å². The average Bonchev–Trinajstić information content (AvgIpc) is 3.22. The Bertz CT molecular complexity index is 1160. The number of aromatic amines is 1. The number of carbonyl (C=O) groups excluding carboxylic acids is 1. The van der Waals surface area contributed by atoms with Crippen LogP contribution in [0.15, 0.2) is 59.6 Å². The maximum atomic E-state index is 12.6. The summed E-state index contributed by atoms with van der Waals surface area (Å²) in [6, 6.07) is 13.8. The third-order valence-corrected chi connectivity index (χ3v) is 6.34. The summed E-state index contributed by atoms with van der Waals surface area (Å²) < 4.78 is 38.7. The van der Waals surface area contributed by atoms with Gasteiger partial charge in [0.1, 0.15) is 0 Å². The molecule has 1 amide bonds. The Labute approximate surface area is 186 Å². The Balaban J connectivity index is 1.24. The number of H-pyrrole nitrogens is 1. The summed E-state index contributed by atoms with van der Waals surface area (Å²) in [4.78, 5) is 12.3. The maximum Gasteiger partial charge on any atom is 0.240 e. The summed E-state index contributed by atoms with van der Waals surface area (Å²) in [5, 5.41) is 9.61. The van der Waals surface area contributed by atoms with Crippen LogP contribution in [0.5, 0.6) is 11.5 Å². The lowest BCUT2D eigenvalue weighted by atomic mass is 10.1. The molecule has 0 atom stereocenters. The summed E-state index contributed by atoms with van der Waals surface area (Å²) in [6.07, 6.45) is 2.97. The standard InChI is InChI=1S/C22H24N4O5S/c27-22(25-17-6-4-16(5-7-17)19-10-12-23-26-19)3-1-11-24-32(28,29)18-8-9-20-21(15-18)31-14-2-13-30-20/h4-10,12,15,24H,1-3,11,13-14H2,(H,23,26)(H,25,27). The number of sulfonamides is 1. The molecule has 1 aromatic heterocycles. The number of nitrogens with zero attached hydrogens (tertiary/aromatic N) is 1. The number of rotatable bonds is 8. The second kappa shape index (κ2) is 9.84. The van der Waals surface area contributed by atoms with Crippen LogP contribution in [-0.2, 0) is 14.8 Å². The van der Waals surface area contributed by atoms with Crippen LogP contribution < -0.4 is 19.5 Å². The first-order valence-corrected chi connectivity index (χ1v) is 11.8. The molecular weight excluding hydrogens is 432 g/mol. The lowest BCUT2D eigenvalue weighted by Crippen LogP contribution is -2.25. The van der Waals surface area contributed by atoms with E-state index in [0.717, 1.165) is 17.7 Å². The van der Waals surface area contributed by atoms with Crippen LogP contribution in [0.4, 0.5) is 5.69 Å². The highest BCUT2D eigenvalue weighted by atomic mass is 32.2. The van der Waals surface area contributed by atoms with Gasteiger partial charge in [-0.3, -0.25) is 9.89 Å². The lowest BCUT2D eigenvalue weighted by Gasteiger charge is -2.11. The number of anilines is 1. The molecule has 2 heterocycles. The van der Waals surface area contributed by atoms with E-state index in [-0.39, 0.29) is 23.8 Å². The molecule has 3 aromatic rings. The zero-order valence-corrected chi connectivity index (χ0v) is 18.2. The normalized spacial score (nSPS) is 13.4. The van der Waals surface area contributed by atoms with Crippen molar-refractivity contribution < 1.29 is 22.7 Å². The van der Waals surface area contributed by atoms with Crippen molar-refractivity contribution in [3.63, 3.8) is 0 Å². The molecule has 0 bridgehead atoms. The SMILES string of the molecule is O=C(CCCNS(=O)(=O)c1ccc2c(c1)OCCCO2)Nc1ccc(-c2ccn[nH]2)cc1. The van der Waals surface area contributed by atoms with Crippen molar-refractivity contribution in [2.24, 2.45) is 0 Å². The monoisotopic (exact) mass is 456 g/mol. The van der Waals surface area contributed by atoms with Crippen molar-refractivity contribution in [2.75, 3.05) is 25.1 Å². The van der Waals surface area contributed by atoms with Gasteiger partial charge in [-0.25, -0.2) is 13.1 Å². The molecule has 4 rings (SSSR count). The predicted molar refractivity (Wildman–Crippen MR) is 119 cm³/mol. The van der Waals surface area contributed by atoms with Gasteiger partial charge >= 0.3 is 0 Å². The Hall–Kier alpha value is -3.37. The molecule has 32 heavy (non-hydrogen) atoms. The second-order valence-corrected chi connectivity index (χ2v) is 9.02. The van der Waals surface area contributed by atoms with E-state index >= 15 is 0 Å². The van der Waals surface area contributed by atoms with E-state index < -0.39 is 10.0 Å². The minimum atomic E-state index is -3.71. The van der Waals surface area contributed by atoms with Crippen molar-refractivity contribution in [1.82, 2.24) is 14.9 Å². The van der Waals surface area contributed by atoms with Gasteiger partial charge in [0.25, 0.3) is 0 Å². The third kappa shape index (κ3) is 5.45. The Kier molecular flexibility index (Phi) is 6.72. The van der Waals surface area contributed by atoms with Crippen molar-refractivity contribution in [2.45, 2.75) is 24.2 Å². The first-order valence-electron chi connectivity index (χ1n) is 10.3. The van der Waals surface area contributed by atoms with Crippen LogP contribution in [0.1, 0.15) is 19.3 Å². The molecule has 1 aliphatic rings. The summed E-state index contributed by atoms with van der Waals surface area (Å²) in [7, 11) is -3.71. The summed E-state index contributed by atoms with van der Waals surface area (Å²) in [5.74, 6) is 0.771. The molecule has 0 spiro atoms. The van der Waals surface area contributed by atoms with Gasteiger partial charge in [-0.05, 0) is 42.3 Å². The fourth-order valence-electron chi connectivity index (χ4n) is 3.22. The largest absolute Gasteiger partial charge is 0.490 e. The van der Waals surface area contributed by atoms with E-state index in [0.29, 0.717) is 36.8 Å². The molecule has 0 aliphatic carbocycles. The van der Waals surface area contributed by atoms with Gasteiger partial charge in [0.15, 0.2) is 11.5 Å². The molecule has 3 N–H and O–H groups in total. The van der Waals surface area contributed by atoms with E-state index in [1.54, 1.807) is 24.4 Å². The quantitative estimate of drug-likeness (QED) is 0.448. The molecular formula is C22H24N4O5S. The lowest BCUT2D eigenvalue weighted by molar-refractivity contribution is -0.116. The first kappa shape index (κ1) is 21.8. The fraction of sp³-hybridized carbons (Fsp3) is 0.273. The molecule has 9 nitrogen and oxygen atoms in total. The van der Waals surface area contributed by atoms with Crippen LogP contribution in [0.3, 0.4) is 0 Å². The van der Waals surface area contributed by atoms with Gasteiger partial charge in [0.2, 0.25) is 15.9 Å². The zero-order chi connectivity index (χ0) is 22.4. The maximum absolute atomic E-state index is 12.6. The molecule has 0 saturated heterocycles. The highest BCUT2D eigenvalue weighted by molar-refractivity contribution is 7.89. The van der Waals surface area contributed by atoms with Crippen molar-refractivity contribution in [3.8, 4) is 22.8 Å².